The average Bonchev–Trinajstić information content (AvgIpc) is 3.25. The molecule has 0 aromatic heterocycles. The lowest BCUT2D eigenvalue weighted by atomic mass is 9.88. The molecule has 0 radical (unpaired) electrons. The fourth-order valence-corrected chi connectivity index (χ4v) is 5.43. The van der Waals surface area contributed by atoms with Gasteiger partial charge >= 0.3 is 0 Å². The number of amides is 2. The molecule has 2 amide bonds. The van der Waals surface area contributed by atoms with Crippen molar-refractivity contribution in [1.29, 1.82) is 0 Å². The molecule has 1 heterocycles. The summed E-state index contributed by atoms with van der Waals surface area (Å²) < 4.78 is 0. The molecule has 0 spiro atoms. The Hall–Kier alpha value is -5.23. The van der Waals surface area contributed by atoms with Crippen LogP contribution in [0.15, 0.2) is 109 Å². The van der Waals surface area contributed by atoms with Crippen LogP contribution in [0.1, 0.15) is 44.3 Å². The zero-order valence-electron chi connectivity index (χ0n) is 26.3. The van der Waals surface area contributed by atoms with Gasteiger partial charge in [-0.2, -0.15) is 0 Å². The number of allylic oxidation sites excluding steroid dienone is 3. The van der Waals surface area contributed by atoms with Crippen molar-refractivity contribution < 1.29 is 9.59 Å². The first kappa shape index (κ1) is 30.2. The number of carbonyl (C=O) groups is 2. The summed E-state index contributed by atoms with van der Waals surface area (Å²) in [7, 11) is 9.68. The quantitative estimate of drug-likeness (QED) is 0.110. The summed E-state index contributed by atoms with van der Waals surface area (Å²) in [5.41, 5.74) is 8.35. The molecule has 0 aliphatic carbocycles. The zero-order valence-corrected chi connectivity index (χ0v) is 26.3. The van der Waals surface area contributed by atoms with E-state index >= 15 is 0 Å². The molecule has 5 rings (SSSR count). The molecule has 4 aromatic carbocycles. The van der Waals surface area contributed by atoms with Gasteiger partial charge < -0.3 is 14.7 Å². The molecular weight excluding hydrogens is 544 g/mol. The van der Waals surface area contributed by atoms with E-state index in [1.54, 1.807) is 6.07 Å². The fourth-order valence-electron chi connectivity index (χ4n) is 5.43. The van der Waals surface area contributed by atoms with E-state index < -0.39 is 0 Å². The number of carbonyl (C=O) groups excluding carboxylic acids is 2. The summed E-state index contributed by atoms with van der Waals surface area (Å²) in [5, 5.41) is 0. The van der Waals surface area contributed by atoms with Gasteiger partial charge in [0.15, 0.2) is 0 Å². The number of para-hydroxylation sites is 1. The van der Waals surface area contributed by atoms with Gasteiger partial charge in [-0.3, -0.25) is 14.5 Å². The van der Waals surface area contributed by atoms with Crippen LogP contribution >= 0.6 is 0 Å². The Morgan fingerprint density at radius 3 is 1.93 bits per heavy atom. The Morgan fingerprint density at radius 1 is 0.705 bits per heavy atom. The molecule has 0 bridgehead atoms. The number of rotatable bonds is 10. The van der Waals surface area contributed by atoms with Crippen LogP contribution in [-0.2, 0) is 0 Å². The lowest BCUT2D eigenvalue weighted by molar-refractivity contribution is 0.0693. The van der Waals surface area contributed by atoms with E-state index in [9.17, 15) is 9.59 Å². The van der Waals surface area contributed by atoms with Crippen LogP contribution in [0, 0.1) is 5.92 Å². The summed E-state index contributed by atoms with van der Waals surface area (Å²) in [4.78, 5) is 32.9. The first-order valence-electron chi connectivity index (χ1n) is 14.8. The highest BCUT2D eigenvalue weighted by atomic mass is 16.2. The third-order valence-electron chi connectivity index (χ3n) is 7.95. The van der Waals surface area contributed by atoms with Crippen molar-refractivity contribution in [2.45, 2.75) is 6.92 Å². The second-order valence-corrected chi connectivity index (χ2v) is 11.2. The molecule has 0 N–H and O–H groups in total. The van der Waals surface area contributed by atoms with Crippen molar-refractivity contribution in [3.63, 3.8) is 0 Å². The maximum Gasteiger partial charge on any atom is 0.261 e. The molecule has 222 valence electrons. The van der Waals surface area contributed by atoms with E-state index in [0.29, 0.717) is 17.7 Å². The third kappa shape index (κ3) is 6.11. The molecule has 44 heavy (non-hydrogen) atoms. The van der Waals surface area contributed by atoms with Crippen LogP contribution in [0.4, 0.5) is 22.7 Å². The maximum absolute atomic E-state index is 12.8. The van der Waals surface area contributed by atoms with Crippen LogP contribution in [0.2, 0.25) is 0 Å². The zero-order chi connectivity index (χ0) is 31.4. The summed E-state index contributed by atoms with van der Waals surface area (Å²) in [6, 6.07) is 30.9. The number of fused-ring (bicyclic) bond motifs is 1. The molecule has 1 aliphatic heterocycles. The highest BCUT2D eigenvalue weighted by molar-refractivity contribution is 6.21. The molecule has 0 fully saturated rings. The van der Waals surface area contributed by atoms with Crippen LogP contribution in [0.5, 0.6) is 0 Å². The molecule has 6 nitrogen and oxygen atoms in total. The van der Waals surface area contributed by atoms with Gasteiger partial charge in [0.05, 0.1) is 28.2 Å². The van der Waals surface area contributed by atoms with Crippen molar-refractivity contribution in [2.24, 2.45) is 0 Å². The lowest BCUT2D eigenvalue weighted by Gasteiger charge is -2.25. The molecule has 0 saturated carbocycles. The predicted octanol–water partition coefficient (Wildman–Crippen LogP) is 7.44. The van der Waals surface area contributed by atoms with Gasteiger partial charge in [0.25, 0.3) is 11.8 Å². The normalized spacial score (nSPS) is 12.7. The van der Waals surface area contributed by atoms with E-state index in [1.807, 2.05) is 46.4 Å². The number of hydrogen-bond donors (Lipinski definition) is 0. The van der Waals surface area contributed by atoms with Gasteiger partial charge in [0, 0.05) is 64.9 Å². The summed E-state index contributed by atoms with van der Waals surface area (Å²) >= 11 is 0. The monoisotopic (exact) mass is 583 g/mol. The van der Waals surface area contributed by atoms with Gasteiger partial charge in [-0.1, -0.05) is 12.1 Å². The minimum absolute atomic E-state index is 0.261. The molecule has 1 aliphatic rings. The number of benzene rings is 4. The largest absolute Gasteiger partial charge is 0.378 e. The summed E-state index contributed by atoms with van der Waals surface area (Å²) in [6.07, 6.45) is 8.41. The number of hydrogen-bond acceptors (Lipinski definition) is 5. The molecule has 0 unspecified atom stereocenters. The number of imide groups is 1. The lowest BCUT2D eigenvalue weighted by Crippen LogP contribution is -2.24. The van der Waals surface area contributed by atoms with Crippen LogP contribution < -0.4 is 14.7 Å². The van der Waals surface area contributed by atoms with E-state index in [4.69, 9.17) is 0 Å². The SMILES string of the molecule is CCN(c1ccc2c(c1)C(=O)N(C)C2=O)c1ccccc1[C+](C=CC=Cc1ccc(N(C)C)cc1)c1ccc(N(C)C)cc1. The Bertz CT molecular complexity index is 1700. The van der Waals surface area contributed by atoms with E-state index in [2.05, 4.69) is 113 Å². The van der Waals surface area contributed by atoms with Gasteiger partial charge in [-0.25, -0.2) is 0 Å². The van der Waals surface area contributed by atoms with Gasteiger partial charge in [0.1, 0.15) is 5.69 Å². The van der Waals surface area contributed by atoms with Crippen molar-refractivity contribution in [3.05, 3.63) is 143 Å². The molecular formula is C38H39N4O2+. The van der Waals surface area contributed by atoms with Crippen molar-refractivity contribution in [1.82, 2.24) is 4.90 Å². The Balaban J connectivity index is 1.53. The van der Waals surface area contributed by atoms with E-state index in [-0.39, 0.29) is 11.8 Å². The van der Waals surface area contributed by atoms with Gasteiger partial charge in [-0.05, 0) is 110 Å². The second-order valence-electron chi connectivity index (χ2n) is 11.2. The fraction of sp³-hybridized carbons (Fsp3) is 0.184. The molecule has 4 aromatic rings. The standard InChI is InChI=1S/C38H39N4O2/c1-7-42(31-24-25-34-35(26-31)38(44)41(6)37(34)43)36-15-11-10-14-33(36)32(28-18-22-30(23-19-28)40(4)5)13-9-8-12-27-16-20-29(21-17-27)39(2)3/h8-26H,7H2,1-6H3/q+1. The van der Waals surface area contributed by atoms with Gasteiger partial charge in [-0.15, -0.1) is 0 Å². The number of nitrogens with zero attached hydrogens (tertiary/aromatic N) is 4. The third-order valence-corrected chi connectivity index (χ3v) is 7.95. The van der Waals surface area contributed by atoms with Crippen LogP contribution in [0.3, 0.4) is 0 Å². The molecule has 6 heteroatoms. The Kier molecular flexibility index (Phi) is 8.91. The minimum atomic E-state index is -0.268. The smallest absolute Gasteiger partial charge is 0.261 e. The van der Waals surface area contributed by atoms with Crippen molar-refractivity contribution >= 4 is 40.6 Å². The first-order valence-corrected chi connectivity index (χ1v) is 14.8. The molecule has 0 saturated heterocycles. The van der Waals surface area contributed by atoms with Gasteiger partial charge in [0.2, 0.25) is 0 Å². The Labute approximate surface area is 261 Å². The second kappa shape index (κ2) is 13.0. The first-order chi connectivity index (χ1) is 21.2. The number of anilines is 4. The van der Waals surface area contributed by atoms with E-state index in [0.717, 1.165) is 45.4 Å². The minimum Gasteiger partial charge on any atom is -0.378 e. The average molecular weight is 584 g/mol. The van der Waals surface area contributed by atoms with Crippen molar-refractivity contribution in [2.75, 3.05) is 56.5 Å². The Morgan fingerprint density at radius 2 is 1.30 bits per heavy atom. The van der Waals surface area contributed by atoms with Crippen LogP contribution in [-0.4, -0.2) is 58.5 Å². The van der Waals surface area contributed by atoms with Crippen LogP contribution in [0.25, 0.3) is 6.08 Å². The van der Waals surface area contributed by atoms with E-state index in [1.165, 1.54) is 11.9 Å². The predicted molar refractivity (Wildman–Crippen MR) is 183 cm³/mol. The summed E-state index contributed by atoms with van der Waals surface area (Å²) in [6.45, 7) is 2.77. The highest BCUT2D eigenvalue weighted by Crippen LogP contribution is 2.38. The maximum atomic E-state index is 12.8. The highest BCUT2D eigenvalue weighted by Gasteiger charge is 2.33. The molecule has 0 atom stereocenters. The summed E-state index contributed by atoms with van der Waals surface area (Å²) in [5.74, 6) is 0.545. The topological polar surface area (TPSA) is 47.1 Å². The van der Waals surface area contributed by atoms with Crippen molar-refractivity contribution in [3.8, 4) is 0 Å².